The minimum Gasteiger partial charge on any atom is -0.459 e. The molecular weight excluding hydrogens is 512 g/mol. The standard InChI is InChI=1S/C28H30O11/c1-17(2)25(31)35-13-21(29)15-37-27(33)19-5-9-23(10-6-19)39-24-11-7-20(8-12-24)28(34)38-16-22(30)14-36-26(32)18(3)4/h5-12,21-22,29-30H,1,3,13-16H2,2,4H3. The molecule has 0 bridgehead atoms. The lowest BCUT2D eigenvalue weighted by Crippen LogP contribution is -2.25. The van der Waals surface area contributed by atoms with Crippen LogP contribution in [0.3, 0.4) is 0 Å². The average molecular weight is 543 g/mol. The van der Waals surface area contributed by atoms with E-state index in [1.807, 2.05) is 0 Å². The Hall–Kier alpha value is -4.48. The maximum Gasteiger partial charge on any atom is 0.338 e. The quantitative estimate of drug-likeness (QED) is 0.206. The zero-order chi connectivity index (χ0) is 28.9. The first-order valence-corrected chi connectivity index (χ1v) is 11.7. The topological polar surface area (TPSA) is 155 Å². The molecule has 0 fully saturated rings. The molecule has 39 heavy (non-hydrogen) atoms. The molecule has 0 amide bonds. The molecule has 2 unspecified atom stereocenters. The Kier molecular flexibility index (Phi) is 11.9. The Morgan fingerprint density at radius 1 is 0.615 bits per heavy atom. The fourth-order valence-electron chi connectivity index (χ4n) is 2.65. The molecule has 0 aliphatic rings. The Balaban J connectivity index is 1.79. The number of aliphatic hydroxyl groups is 2. The van der Waals surface area contributed by atoms with Crippen LogP contribution in [0.2, 0.25) is 0 Å². The van der Waals surface area contributed by atoms with E-state index in [9.17, 15) is 29.4 Å². The highest BCUT2D eigenvalue weighted by Gasteiger charge is 2.15. The summed E-state index contributed by atoms with van der Waals surface area (Å²) in [6.45, 7) is 8.39. The maximum absolute atomic E-state index is 12.2. The second-order valence-electron chi connectivity index (χ2n) is 8.41. The van der Waals surface area contributed by atoms with Gasteiger partial charge in [0.15, 0.2) is 0 Å². The number of hydrogen-bond donors (Lipinski definition) is 2. The number of benzene rings is 2. The average Bonchev–Trinajstić information content (AvgIpc) is 2.92. The molecule has 2 aromatic rings. The van der Waals surface area contributed by atoms with Gasteiger partial charge in [-0.1, -0.05) is 13.2 Å². The van der Waals surface area contributed by atoms with Gasteiger partial charge in [0.05, 0.1) is 11.1 Å². The summed E-state index contributed by atoms with van der Waals surface area (Å²) in [7, 11) is 0. The van der Waals surface area contributed by atoms with Crippen molar-refractivity contribution in [1.29, 1.82) is 0 Å². The number of rotatable bonds is 14. The highest BCUT2D eigenvalue weighted by Crippen LogP contribution is 2.22. The third-order valence-corrected chi connectivity index (χ3v) is 4.74. The van der Waals surface area contributed by atoms with Crippen LogP contribution >= 0.6 is 0 Å². The molecule has 0 saturated heterocycles. The van der Waals surface area contributed by atoms with Crippen molar-refractivity contribution in [3.63, 3.8) is 0 Å². The number of ether oxygens (including phenoxy) is 5. The van der Waals surface area contributed by atoms with E-state index >= 15 is 0 Å². The van der Waals surface area contributed by atoms with E-state index < -0.39 is 36.1 Å². The van der Waals surface area contributed by atoms with E-state index in [0.717, 1.165) is 0 Å². The van der Waals surface area contributed by atoms with Gasteiger partial charge in [-0.2, -0.15) is 0 Å². The van der Waals surface area contributed by atoms with Gasteiger partial charge in [0.2, 0.25) is 0 Å². The van der Waals surface area contributed by atoms with Crippen LogP contribution in [0.15, 0.2) is 72.8 Å². The summed E-state index contributed by atoms with van der Waals surface area (Å²) in [5, 5.41) is 19.6. The molecule has 0 aromatic heterocycles. The second-order valence-corrected chi connectivity index (χ2v) is 8.41. The zero-order valence-electron chi connectivity index (χ0n) is 21.6. The minimum atomic E-state index is -1.18. The molecule has 2 aromatic carbocycles. The summed E-state index contributed by atoms with van der Waals surface area (Å²) in [6.07, 6.45) is -2.37. The Morgan fingerprint density at radius 3 is 1.23 bits per heavy atom. The molecule has 0 spiro atoms. The van der Waals surface area contributed by atoms with Gasteiger partial charge in [-0.05, 0) is 62.4 Å². The van der Waals surface area contributed by atoms with Crippen molar-refractivity contribution < 1.29 is 53.1 Å². The first-order valence-electron chi connectivity index (χ1n) is 11.7. The molecule has 0 saturated carbocycles. The number of aliphatic hydroxyl groups excluding tert-OH is 2. The summed E-state index contributed by atoms with van der Waals surface area (Å²) in [4.78, 5) is 47.0. The normalized spacial score (nSPS) is 11.9. The first kappa shape index (κ1) is 30.7. The molecule has 2 atom stereocenters. The lowest BCUT2D eigenvalue weighted by atomic mass is 10.2. The SMILES string of the molecule is C=C(C)C(=O)OCC(O)COC(=O)c1ccc(Oc2ccc(C(=O)OCC(O)COC(=O)C(=C)C)cc2)cc1. The number of carbonyl (C=O) groups is 4. The van der Waals surface area contributed by atoms with Gasteiger partial charge >= 0.3 is 23.9 Å². The predicted octanol–water partition coefficient (Wildman–Crippen LogP) is 2.75. The summed E-state index contributed by atoms with van der Waals surface area (Å²) < 4.78 is 25.3. The van der Waals surface area contributed by atoms with E-state index in [2.05, 4.69) is 13.2 Å². The molecule has 11 heteroatoms. The largest absolute Gasteiger partial charge is 0.459 e. The monoisotopic (exact) mass is 542 g/mol. The van der Waals surface area contributed by atoms with Crippen molar-refractivity contribution in [1.82, 2.24) is 0 Å². The molecule has 2 rings (SSSR count). The van der Waals surface area contributed by atoms with Crippen molar-refractivity contribution in [3.05, 3.63) is 84.0 Å². The van der Waals surface area contributed by atoms with Crippen molar-refractivity contribution in [2.75, 3.05) is 26.4 Å². The van der Waals surface area contributed by atoms with Crippen LogP contribution in [0.4, 0.5) is 0 Å². The van der Waals surface area contributed by atoms with Crippen molar-refractivity contribution in [2.24, 2.45) is 0 Å². The van der Waals surface area contributed by atoms with Crippen LogP contribution in [-0.4, -0.2) is 72.7 Å². The number of hydrogen-bond acceptors (Lipinski definition) is 11. The highest BCUT2D eigenvalue weighted by molar-refractivity contribution is 5.90. The van der Waals surface area contributed by atoms with E-state index in [1.54, 1.807) is 0 Å². The molecule has 0 aliphatic carbocycles. The zero-order valence-corrected chi connectivity index (χ0v) is 21.6. The predicted molar refractivity (Wildman–Crippen MR) is 137 cm³/mol. The van der Waals surface area contributed by atoms with E-state index in [4.69, 9.17) is 23.7 Å². The van der Waals surface area contributed by atoms with E-state index in [-0.39, 0.29) is 48.7 Å². The van der Waals surface area contributed by atoms with Gasteiger partial charge in [-0.25, -0.2) is 19.2 Å². The van der Waals surface area contributed by atoms with Gasteiger partial charge in [0.1, 0.15) is 50.1 Å². The molecule has 0 heterocycles. The lowest BCUT2D eigenvalue weighted by molar-refractivity contribution is -0.143. The minimum absolute atomic E-state index is 0.188. The smallest absolute Gasteiger partial charge is 0.338 e. The van der Waals surface area contributed by atoms with Gasteiger partial charge in [-0.3, -0.25) is 0 Å². The van der Waals surface area contributed by atoms with Crippen molar-refractivity contribution in [3.8, 4) is 11.5 Å². The fourth-order valence-corrected chi connectivity index (χ4v) is 2.65. The molecule has 2 N–H and O–H groups in total. The maximum atomic E-state index is 12.2. The Bertz CT molecular complexity index is 1090. The van der Waals surface area contributed by atoms with E-state index in [1.165, 1.54) is 62.4 Å². The van der Waals surface area contributed by atoms with Crippen LogP contribution in [0.1, 0.15) is 34.6 Å². The van der Waals surface area contributed by atoms with Crippen molar-refractivity contribution in [2.45, 2.75) is 26.1 Å². The van der Waals surface area contributed by atoms with Gasteiger partial charge < -0.3 is 33.9 Å². The molecular formula is C28H30O11. The van der Waals surface area contributed by atoms with Crippen LogP contribution in [0.5, 0.6) is 11.5 Å². The molecule has 11 nitrogen and oxygen atoms in total. The van der Waals surface area contributed by atoms with Gasteiger partial charge in [0.25, 0.3) is 0 Å². The van der Waals surface area contributed by atoms with Crippen LogP contribution in [-0.2, 0) is 28.5 Å². The summed E-state index contributed by atoms with van der Waals surface area (Å²) in [5.41, 5.74) is 0.799. The Morgan fingerprint density at radius 2 is 0.923 bits per heavy atom. The van der Waals surface area contributed by atoms with Gasteiger partial charge in [-0.15, -0.1) is 0 Å². The molecule has 208 valence electrons. The Labute approximate surface area is 225 Å². The third kappa shape index (κ3) is 10.8. The third-order valence-electron chi connectivity index (χ3n) is 4.74. The summed E-state index contributed by atoms with van der Waals surface area (Å²) >= 11 is 0. The van der Waals surface area contributed by atoms with E-state index in [0.29, 0.717) is 11.5 Å². The van der Waals surface area contributed by atoms with Crippen LogP contribution < -0.4 is 4.74 Å². The van der Waals surface area contributed by atoms with Crippen LogP contribution in [0.25, 0.3) is 0 Å². The number of carbonyl (C=O) groups excluding carboxylic acids is 4. The van der Waals surface area contributed by atoms with Crippen LogP contribution in [0, 0.1) is 0 Å². The fraction of sp³-hybridized carbons (Fsp3) is 0.286. The van der Waals surface area contributed by atoms with Crippen molar-refractivity contribution >= 4 is 23.9 Å². The first-order chi connectivity index (χ1) is 18.5. The highest BCUT2D eigenvalue weighted by atomic mass is 16.6. The number of esters is 4. The molecule has 0 radical (unpaired) electrons. The lowest BCUT2D eigenvalue weighted by Gasteiger charge is -2.12. The summed E-state index contributed by atoms with van der Waals surface area (Å²) in [5.74, 6) is -1.87. The van der Waals surface area contributed by atoms with Gasteiger partial charge in [0, 0.05) is 11.1 Å². The second kappa shape index (κ2) is 15.1. The summed E-state index contributed by atoms with van der Waals surface area (Å²) in [6, 6.07) is 12.0. The molecule has 0 aliphatic heterocycles.